The molecule has 2 amide bonds. The van der Waals surface area contributed by atoms with Gasteiger partial charge < -0.3 is 4.90 Å². The number of rotatable bonds is 2. The van der Waals surface area contributed by atoms with Gasteiger partial charge in [-0.25, -0.2) is 9.97 Å². The Morgan fingerprint density at radius 1 is 1.28 bits per heavy atom. The average Bonchev–Trinajstić information content (AvgIpc) is 2.29. The predicted octanol–water partition coefficient (Wildman–Crippen LogP) is 1.06. The van der Waals surface area contributed by atoms with Crippen LogP contribution in [0.25, 0.3) is 0 Å². The molecule has 1 rings (SSSR count). The first-order valence-electron chi connectivity index (χ1n) is 5.76. The standard InChI is InChI=1S/C12H18N4O2/c1-5-16(12(2,3)4)10(18)9(17)15-11-13-7-6-8-14-11/h6-8H,5H2,1-4H3,(H,13,14,15,17). The summed E-state index contributed by atoms with van der Waals surface area (Å²) in [4.78, 5) is 32.9. The van der Waals surface area contributed by atoms with Crippen molar-refractivity contribution in [2.45, 2.75) is 33.2 Å². The van der Waals surface area contributed by atoms with E-state index in [9.17, 15) is 9.59 Å². The molecule has 0 saturated heterocycles. The van der Waals surface area contributed by atoms with Crippen LogP contribution in [0.5, 0.6) is 0 Å². The highest BCUT2D eigenvalue weighted by Crippen LogP contribution is 2.13. The summed E-state index contributed by atoms with van der Waals surface area (Å²) < 4.78 is 0. The minimum absolute atomic E-state index is 0.126. The van der Waals surface area contributed by atoms with Gasteiger partial charge in [0.15, 0.2) is 0 Å². The molecule has 1 aromatic heterocycles. The van der Waals surface area contributed by atoms with E-state index in [1.54, 1.807) is 6.07 Å². The van der Waals surface area contributed by atoms with Crippen molar-refractivity contribution in [3.05, 3.63) is 18.5 Å². The minimum atomic E-state index is -0.724. The molecule has 0 aliphatic rings. The first kappa shape index (κ1) is 14.1. The molecular formula is C12H18N4O2. The lowest BCUT2D eigenvalue weighted by Crippen LogP contribution is -2.50. The Morgan fingerprint density at radius 2 is 1.83 bits per heavy atom. The molecule has 0 bridgehead atoms. The number of nitrogens with zero attached hydrogens (tertiary/aromatic N) is 3. The zero-order valence-electron chi connectivity index (χ0n) is 11.1. The third kappa shape index (κ3) is 3.51. The highest BCUT2D eigenvalue weighted by Gasteiger charge is 2.29. The molecule has 0 saturated carbocycles. The van der Waals surface area contributed by atoms with E-state index in [0.29, 0.717) is 6.54 Å². The van der Waals surface area contributed by atoms with Crippen LogP contribution in [-0.2, 0) is 9.59 Å². The van der Waals surface area contributed by atoms with Gasteiger partial charge in [0.05, 0.1) is 0 Å². The third-order valence-corrected chi connectivity index (χ3v) is 2.36. The molecule has 0 aliphatic carbocycles. The van der Waals surface area contributed by atoms with Crippen LogP contribution >= 0.6 is 0 Å². The molecule has 0 aromatic carbocycles. The zero-order valence-corrected chi connectivity index (χ0v) is 11.1. The van der Waals surface area contributed by atoms with Gasteiger partial charge in [0.2, 0.25) is 5.95 Å². The average molecular weight is 250 g/mol. The molecule has 1 aromatic rings. The smallest absolute Gasteiger partial charge is 0.316 e. The fraction of sp³-hybridized carbons (Fsp3) is 0.500. The molecule has 6 heteroatoms. The molecule has 98 valence electrons. The molecule has 0 radical (unpaired) electrons. The van der Waals surface area contributed by atoms with Gasteiger partial charge >= 0.3 is 11.8 Å². The fourth-order valence-corrected chi connectivity index (χ4v) is 1.56. The van der Waals surface area contributed by atoms with Crippen LogP contribution in [0, 0.1) is 0 Å². The van der Waals surface area contributed by atoms with Crippen LogP contribution in [-0.4, -0.2) is 38.8 Å². The number of carbonyl (C=O) groups is 2. The Labute approximate surface area is 106 Å². The lowest BCUT2D eigenvalue weighted by atomic mass is 10.1. The van der Waals surface area contributed by atoms with E-state index in [2.05, 4.69) is 15.3 Å². The molecule has 0 aliphatic heterocycles. The molecule has 0 spiro atoms. The first-order valence-corrected chi connectivity index (χ1v) is 5.76. The Balaban J connectivity index is 2.75. The van der Waals surface area contributed by atoms with E-state index < -0.39 is 17.4 Å². The molecule has 1 heterocycles. The molecule has 0 atom stereocenters. The summed E-state index contributed by atoms with van der Waals surface area (Å²) in [5.41, 5.74) is -0.402. The summed E-state index contributed by atoms with van der Waals surface area (Å²) in [6.45, 7) is 7.92. The lowest BCUT2D eigenvalue weighted by molar-refractivity contribution is -0.146. The van der Waals surface area contributed by atoms with Crippen LogP contribution in [0.2, 0.25) is 0 Å². The summed E-state index contributed by atoms with van der Waals surface area (Å²) >= 11 is 0. The number of nitrogens with one attached hydrogen (secondary N) is 1. The topological polar surface area (TPSA) is 75.2 Å². The van der Waals surface area contributed by atoms with E-state index in [1.807, 2.05) is 27.7 Å². The van der Waals surface area contributed by atoms with Crippen LogP contribution in [0.15, 0.2) is 18.5 Å². The quantitative estimate of drug-likeness (QED) is 0.796. The van der Waals surface area contributed by atoms with Crippen LogP contribution in [0.3, 0.4) is 0 Å². The van der Waals surface area contributed by atoms with Gasteiger partial charge in [0.1, 0.15) is 0 Å². The van der Waals surface area contributed by atoms with Crippen molar-refractivity contribution in [1.82, 2.24) is 14.9 Å². The molecule has 6 nitrogen and oxygen atoms in total. The maximum atomic E-state index is 12.0. The molecular weight excluding hydrogens is 232 g/mol. The summed E-state index contributed by atoms with van der Waals surface area (Å²) in [7, 11) is 0. The largest absolute Gasteiger partial charge is 0.330 e. The lowest BCUT2D eigenvalue weighted by Gasteiger charge is -2.34. The maximum Gasteiger partial charge on any atom is 0.316 e. The second kappa shape index (κ2) is 5.57. The van der Waals surface area contributed by atoms with E-state index in [-0.39, 0.29) is 5.95 Å². The normalized spacial score (nSPS) is 10.9. The monoisotopic (exact) mass is 250 g/mol. The highest BCUT2D eigenvalue weighted by atomic mass is 16.2. The Kier molecular flexibility index (Phi) is 4.36. The van der Waals surface area contributed by atoms with E-state index in [1.165, 1.54) is 17.3 Å². The summed E-state index contributed by atoms with van der Waals surface area (Å²) in [5.74, 6) is -1.18. The van der Waals surface area contributed by atoms with Crippen molar-refractivity contribution in [1.29, 1.82) is 0 Å². The fourth-order valence-electron chi connectivity index (χ4n) is 1.56. The summed E-state index contributed by atoms with van der Waals surface area (Å²) in [6, 6.07) is 1.63. The van der Waals surface area contributed by atoms with Gasteiger partial charge in [-0.3, -0.25) is 14.9 Å². The Bertz CT molecular complexity index is 425. The van der Waals surface area contributed by atoms with Crippen molar-refractivity contribution in [2.75, 3.05) is 11.9 Å². The molecule has 1 N–H and O–H groups in total. The molecule has 0 fully saturated rings. The van der Waals surface area contributed by atoms with Crippen molar-refractivity contribution >= 4 is 17.8 Å². The molecule has 18 heavy (non-hydrogen) atoms. The number of hydrogen-bond acceptors (Lipinski definition) is 4. The van der Waals surface area contributed by atoms with Crippen molar-refractivity contribution in [2.24, 2.45) is 0 Å². The third-order valence-electron chi connectivity index (χ3n) is 2.36. The number of hydrogen-bond donors (Lipinski definition) is 1. The number of amides is 2. The van der Waals surface area contributed by atoms with Gasteiger partial charge in [-0.15, -0.1) is 0 Å². The van der Waals surface area contributed by atoms with E-state index >= 15 is 0 Å². The Morgan fingerprint density at radius 3 is 2.28 bits per heavy atom. The SMILES string of the molecule is CCN(C(=O)C(=O)Nc1ncccn1)C(C)(C)C. The van der Waals surface area contributed by atoms with Crippen LogP contribution in [0.4, 0.5) is 5.95 Å². The van der Waals surface area contributed by atoms with Gasteiger partial charge in [-0.1, -0.05) is 0 Å². The number of likely N-dealkylation sites (N-methyl/N-ethyl adjacent to an activating group) is 1. The predicted molar refractivity (Wildman–Crippen MR) is 67.8 cm³/mol. The second-order valence-corrected chi connectivity index (χ2v) is 4.75. The van der Waals surface area contributed by atoms with E-state index in [4.69, 9.17) is 0 Å². The van der Waals surface area contributed by atoms with Gasteiger partial charge in [0.25, 0.3) is 0 Å². The number of anilines is 1. The Hall–Kier alpha value is -1.98. The van der Waals surface area contributed by atoms with Crippen LogP contribution in [0.1, 0.15) is 27.7 Å². The van der Waals surface area contributed by atoms with Gasteiger partial charge in [0, 0.05) is 24.5 Å². The van der Waals surface area contributed by atoms with Crippen molar-refractivity contribution < 1.29 is 9.59 Å². The second-order valence-electron chi connectivity index (χ2n) is 4.75. The first-order chi connectivity index (χ1) is 8.36. The van der Waals surface area contributed by atoms with Crippen molar-refractivity contribution in [3.63, 3.8) is 0 Å². The van der Waals surface area contributed by atoms with Crippen LogP contribution < -0.4 is 5.32 Å². The maximum absolute atomic E-state index is 12.0. The minimum Gasteiger partial charge on any atom is -0.330 e. The summed E-state index contributed by atoms with van der Waals surface area (Å²) in [6.07, 6.45) is 2.99. The van der Waals surface area contributed by atoms with Gasteiger partial charge in [-0.05, 0) is 33.8 Å². The van der Waals surface area contributed by atoms with E-state index in [0.717, 1.165) is 0 Å². The number of aromatic nitrogens is 2. The molecule has 0 unspecified atom stereocenters. The van der Waals surface area contributed by atoms with Crippen molar-refractivity contribution in [3.8, 4) is 0 Å². The number of carbonyl (C=O) groups excluding carboxylic acids is 2. The highest BCUT2D eigenvalue weighted by molar-refractivity contribution is 6.39. The zero-order chi connectivity index (χ0) is 13.8. The summed E-state index contributed by atoms with van der Waals surface area (Å²) in [5, 5.41) is 2.38. The van der Waals surface area contributed by atoms with Gasteiger partial charge in [-0.2, -0.15) is 0 Å².